The number of aryl methyl sites for hydroxylation is 2. The third kappa shape index (κ3) is 3.45. The molecule has 6 nitrogen and oxygen atoms in total. The van der Waals surface area contributed by atoms with Crippen LogP contribution in [0.2, 0.25) is 0 Å². The lowest BCUT2D eigenvalue weighted by Crippen LogP contribution is -2.27. The quantitative estimate of drug-likeness (QED) is 0.749. The van der Waals surface area contributed by atoms with Crippen molar-refractivity contribution in [1.29, 1.82) is 0 Å². The van der Waals surface area contributed by atoms with Crippen LogP contribution in [0.15, 0.2) is 29.2 Å². The van der Waals surface area contributed by atoms with Crippen LogP contribution in [0.3, 0.4) is 0 Å². The van der Waals surface area contributed by atoms with E-state index < -0.39 is 10.0 Å². The van der Waals surface area contributed by atoms with Gasteiger partial charge in [-0.15, -0.1) is 6.42 Å². The maximum absolute atomic E-state index is 12.9. The number of sulfonamides is 1. The summed E-state index contributed by atoms with van der Waals surface area (Å²) >= 11 is 0. The summed E-state index contributed by atoms with van der Waals surface area (Å²) in [6, 6.07) is 7.24. The second-order valence-corrected chi connectivity index (χ2v) is 7.47. The third-order valence-electron chi connectivity index (χ3n) is 3.79. The summed E-state index contributed by atoms with van der Waals surface area (Å²) in [6.45, 7) is 3.74. The Balaban J connectivity index is 2.33. The Labute approximate surface area is 143 Å². The molecular formula is C17H21N3O3S. The topological polar surface area (TPSA) is 64.4 Å². The normalized spacial score (nSPS) is 11.5. The summed E-state index contributed by atoms with van der Waals surface area (Å²) in [7, 11) is -0.393. The maximum atomic E-state index is 12.9. The minimum atomic E-state index is -3.66. The molecule has 0 unspecified atom stereocenters. The first-order chi connectivity index (χ1) is 11.3. The van der Waals surface area contributed by atoms with Gasteiger partial charge in [0.25, 0.3) is 0 Å². The predicted octanol–water partition coefficient (Wildman–Crippen LogP) is 1.87. The lowest BCUT2D eigenvalue weighted by molar-refractivity contribution is 0.359. The van der Waals surface area contributed by atoms with E-state index in [1.54, 1.807) is 38.7 Å². The molecular weight excluding hydrogens is 326 g/mol. The lowest BCUT2D eigenvalue weighted by Gasteiger charge is -2.19. The number of hydrogen-bond acceptors (Lipinski definition) is 4. The smallest absolute Gasteiger partial charge is 0.246 e. The first kappa shape index (κ1) is 18.0. The van der Waals surface area contributed by atoms with E-state index in [0.717, 1.165) is 5.56 Å². The van der Waals surface area contributed by atoms with Crippen LogP contribution in [-0.2, 0) is 23.6 Å². The van der Waals surface area contributed by atoms with E-state index in [1.165, 1.54) is 4.31 Å². The molecule has 2 aromatic rings. The second-order valence-electron chi connectivity index (χ2n) is 5.49. The first-order valence-electron chi connectivity index (χ1n) is 7.39. The van der Waals surface area contributed by atoms with E-state index in [9.17, 15) is 8.42 Å². The van der Waals surface area contributed by atoms with Gasteiger partial charge in [-0.25, -0.2) is 8.42 Å². The number of ether oxygens (including phenoxy) is 1. The molecule has 0 N–H and O–H groups in total. The summed E-state index contributed by atoms with van der Waals surface area (Å²) in [6.07, 6.45) is 5.22. The minimum Gasteiger partial charge on any atom is -0.481 e. The predicted molar refractivity (Wildman–Crippen MR) is 92.1 cm³/mol. The molecule has 0 aliphatic heterocycles. The van der Waals surface area contributed by atoms with Gasteiger partial charge in [-0.05, 0) is 19.9 Å². The SMILES string of the molecule is C#CCOc1ccccc1CN(C)S(=O)(=O)c1c(C)nn(C)c1C. The van der Waals surface area contributed by atoms with Crippen LogP contribution in [-0.4, -0.2) is 36.2 Å². The van der Waals surface area contributed by atoms with Crippen LogP contribution in [0, 0.1) is 26.2 Å². The Morgan fingerprint density at radius 1 is 1.33 bits per heavy atom. The van der Waals surface area contributed by atoms with Gasteiger partial charge >= 0.3 is 0 Å². The average Bonchev–Trinajstić information content (AvgIpc) is 2.79. The van der Waals surface area contributed by atoms with Gasteiger partial charge < -0.3 is 4.74 Å². The highest BCUT2D eigenvalue weighted by molar-refractivity contribution is 7.89. The van der Waals surface area contributed by atoms with Gasteiger partial charge in [0.1, 0.15) is 17.3 Å². The summed E-state index contributed by atoms with van der Waals surface area (Å²) in [5.41, 5.74) is 1.84. The molecule has 128 valence electrons. The zero-order valence-electron chi connectivity index (χ0n) is 14.3. The molecule has 1 heterocycles. The summed E-state index contributed by atoms with van der Waals surface area (Å²) < 4.78 is 34.2. The van der Waals surface area contributed by atoms with Gasteiger partial charge in [-0.3, -0.25) is 4.68 Å². The maximum Gasteiger partial charge on any atom is 0.246 e. The van der Waals surface area contributed by atoms with E-state index in [4.69, 9.17) is 11.2 Å². The minimum absolute atomic E-state index is 0.133. The van der Waals surface area contributed by atoms with Crippen molar-refractivity contribution in [2.45, 2.75) is 25.3 Å². The third-order valence-corrected chi connectivity index (χ3v) is 5.84. The fraction of sp³-hybridized carbons (Fsp3) is 0.353. The molecule has 0 bridgehead atoms. The fourth-order valence-corrected chi connectivity index (χ4v) is 4.04. The Morgan fingerprint density at radius 3 is 2.58 bits per heavy atom. The molecule has 0 atom stereocenters. The molecule has 0 saturated carbocycles. The molecule has 7 heteroatoms. The molecule has 0 saturated heterocycles. The first-order valence-corrected chi connectivity index (χ1v) is 8.83. The Bertz CT molecular complexity index is 879. The van der Waals surface area contributed by atoms with Crippen molar-refractivity contribution in [1.82, 2.24) is 14.1 Å². The molecule has 1 aromatic carbocycles. The van der Waals surface area contributed by atoms with Crippen molar-refractivity contribution in [3.63, 3.8) is 0 Å². The average molecular weight is 347 g/mol. The molecule has 1 aromatic heterocycles. The van der Waals surface area contributed by atoms with Crippen LogP contribution >= 0.6 is 0 Å². The molecule has 0 aliphatic carbocycles. The van der Waals surface area contributed by atoms with Crippen molar-refractivity contribution in [3.05, 3.63) is 41.2 Å². The second kappa shape index (κ2) is 7.07. The molecule has 0 amide bonds. The number of rotatable bonds is 6. The summed E-state index contributed by atoms with van der Waals surface area (Å²) in [5, 5.41) is 4.19. The lowest BCUT2D eigenvalue weighted by atomic mass is 10.2. The number of para-hydroxylation sites is 1. The Kier molecular flexibility index (Phi) is 5.32. The fourth-order valence-electron chi connectivity index (χ4n) is 2.50. The van der Waals surface area contributed by atoms with Gasteiger partial charge in [0, 0.05) is 26.2 Å². The zero-order valence-corrected chi connectivity index (χ0v) is 15.1. The van der Waals surface area contributed by atoms with Crippen molar-refractivity contribution < 1.29 is 13.2 Å². The largest absolute Gasteiger partial charge is 0.481 e. The molecule has 0 radical (unpaired) electrons. The monoisotopic (exact) mass is 347 g/mol. The van der Waals surface area contributed by atoms with Crippen LogP contribution in [0.25, 0.3) is 0 Å². The Hall–Kier alpha value is -2.30. The molecule has 0 spiro atoms. The number of nitrogens with zero attached hydrogens (tertiary/aromatic N) is 3. The van der Waals surface area contributed by atoms with Crippen molar-refractivity contribution in [2.24, 2.45) is 7.05 Å². The van der Waals surface area contributed by atoms with Crippen LogP contribution in [0.1, 0.15) is 17.0 Å². The standard InChI is InChI=1S/C17H21N3O3S/c1-6-11-23-16-10-8-7-9-15(16)12-19(4)24(21,22)17-13(2)18-20(5)14(17)3/h1,7-10H,11-12H2,2-5H3. The van der Waals surface area contributed by atoms with E-state index in [0.29, 0.717) is 17.1 Å². The molecule has 0 fully saturated rings. The number of terminal acetylenes is 1. The van der Waals surface area contributed by atoms with Gasteiger partial charge in [-0.2, -0.15) is 9.40 Å². The van der Waals surface area contributed by atoms with Gasteiger partial charge in [-0.1, -0.05) is 24.1 Å². The highest BCUT2D eigenvalue weighted by atomic mass is 32.2. The van der Waals surface area contributed by atoms with Gasteiger partial charge in [0.15, 0.2) is 0 Å². The number of hydrogen-bond donors (Lipinski definition) is 0. The van der Waals surface area contributed by atoms with Crippen LogP contribution in [0.4, 0.5) is 0 Å². The molecule has 0 aliphatic rings. The van der Waals surface area contributed by atoms with Crippen molar-refractivity contribution >= 4 is 10.0 Å². The van der Waals surface area contributed by atoms with Crippen molar-refractivity contribution in [2.75, 3.05) is 13.7 Å². The molecule has 24 heavy (non-hydrogen) atoms. The summed E-state index contributed by atoms with van der Waals surface area (Å²) in [4.78, 5) is 0.245. The van der Waals surface area contributed by atoms with Gasteiger partial charge in [0.2, 0.25) is 10.0 Å². The van der Waals surface area contributed by atoms with Crippen LogP contribution in [0.5, 0.6) is 5.75 Å². The van der Waals surface area contributed by atoms with Crippen LogP contribution < -0.4 is 4.74 Å². The molecule has 2 rings (SSSR count). The summed E-state index contributed by atoms with van der Waals surface area (Å²) in [5.74, 6) is 2.99. The van der Waals surface area contributed by atoms with E-state index in [1.807, 2.05) is 18.2 Å². The highest BCUT2D eigenvalue weighted by Gasteiger charge is 2.28. The van der Waals surface area contributed by atoms with Crippen molar-refractivity contribution in [3.8, 4) is 18.1 Å². The number of aromatic nitrogens is 2. The van der Waals surface area contributed by atoms with E-state index in [2.05, 4.69) is 11.0 Å². The van der Waals surface area contributed by atoms with Gasteiger partial charge in [0.05, 0.1) is 11.4 Å². The highest BCUT2D eigenvalue weighted by Crippen LogP contribution is 2.26. The number of benzene rings is 1. The van der Waals surface area contributed by atoms with E-state index >= 15 is 0 Å². The Morgan fingerprint density at radius 2 is 2.00 bits per heavy atom. The van der Waals surface area contributed by atoms with E-state index in [-0.39, 0.29) is 18.0 Å². The zero-order chi connectivity index (χ0) is 17.9.